The summed E-state index contributed by atoms with van der Waals surface area (Å²) in [7, 11) is 0. The van der Waals surface area contributed by atoms with Crippen molar-refractivity contribution in [3.8, 4) is 5.75 Å². The van der Waals surface area contributed by atoms with Crippen molar-refractivity contribution < 1.29 is 9.53 Å². The maximum atomic E-state index is 12.9. The number of thiophene rings is 1. The highest BCUT2D eigenvalue weighted by molar-refractivity contribution is 7.09. The molecule has 1 amide bonds. The summed E-state index contributed by atoms with van der Waals surface area (Å²) in [6, 6.07) is 17.4. The lowest BCUT2D eigenvalue weighted by Crippen LogP contribution is -2.34. The van der Waals surface area contributed by atoms with Crippen LogP contribution in [0, 0.1) is 13.8 Å². The van der Waals surface area contributed by atoms with Crippen LogP contribution in [0.2, 0.25) is 5.02 Å². The molecule has 5 heteroatoms. The molecule has 0 bridgehead atoms. The van der Waals surface area contributed by atoms with Gasteiger partial charge in [-0.25, -0.2) is 0 Å². The fourth-order valence-electron chi connectivity index (χ4n) is 2.60. The molecule has 1 heterocycles. The van der Waals surface area contributed by atoms with E-state index in [1.165, 1.54) is 0 Å². The summed E-state index contributed by atoms with van der Waals surface area (Å²) in [6.07, 6.45) is 0. The minimum Gasteiger partial charge on any atom is -0.483 e. The van der Waals surface area contributed by atoms with Gasteiger partial charge in [0, 0.05) is 15.6 Å². The molecule has 0 unspecified atom stereocenters. The largest absolute Gasteiger partial charge is 0.483 e. The Balaban J connectivity index is 1.76. The highest BCUT2D eigenvalue weighted by atomic mass is 35.5. The summed E-state index contributed by atoms with van der Waals surface area (Å²) in [5.74, 6) is 0.583. The Bertz CT molecular complexity index is 876. The van der Waals surface area contributed by atoms with Gasteiger partial charge in [-0.15, -0.1) is 11.3 Å². The fraction of sp³-hybridized carbons (Fsp3) is 0.190. The monoisotopic (exact) mass is 385 g/mol. The topological polar surface area (TPSA) is 29.5 Å². The molecule has 0 spiro atoms. The second-order valence-electron chi connectivity index (χ2n) is 6.09. The van der Waals surface area contributed by atoms with Gasteiger partial charge < -0.3 is 9.64 Å². The zero-order chi connectivity index (χ0) is 18.5. The maximum absolute atomic E-state index is 12.9. The third kappa shape index (κ3) is 4.65. The number of carbonyl (C=O) groups excluding carboxylic acids is 1. The van der Waals surface area contributed by atoms with Crippen molar-refractivity contribution >= 4 is 34.5 Å². The van der Waals surface area contributed by atoms with Gasteiger partial charge in [0.1, 0.15) is 5.75 Å². The molecule has 0 atom stereocenters. The van der Waals surface area contributed by atoms with Gasteiger partial charge in [-0.2, -0.15) is 0 Å². The second kappa shape index (κ2) is 8.39. The molecule has 0 fully saturated rings. The van der Waals surface area contributed by atoms with Crippen molar-refractivity contribution in [1.82, 2.24) is 0 Å². The Morgan fingerprint density at radius 3 is 2.54 bits per heavy atom. The standard InChI is InChI=1S/C21H20ClNO2S/c1-15-5-8-18(9-6-15)23(13-19-4-3-11-26-19)21(24)14-25-20-10-7-17(22)12-16(20)2/h3-12H,13-14H2,1-2H3. The molecule has 0 aliphatic rings. The van der Waals surface area contributed by atoms with Gasteiger partial charge in [-0.3, -0.25) is 4.79 Å². The van der Waals surface area contributed by atoms with E-state index in [9.17, 15) is 4.79 Å². The van der Waals surface area contributed by atoms with E-state index in [4.69, 9.17) is 16.3 Å². The summed E-state index contributed by atoms with van der Waals surface area (Å²) < 4.78 is 5.75. The van der Waals surface area contributed by atoms with Crippen molar-refractivity contribution in [2.75, 3.05) is 11.5 Å². The van der Waals surface area contributed by atoms with Crippen LogP contribution in [0.5, 0.6) is 5.75 Å². The zero-order valence-corrected chi connectivity index (χ0v) is 16.3. The first kappa shape index (κ1) is 18.5. The average Bonchev–Trinajstić information content (AvgIpc) is 3.13. The number of nitrogens with zero attached hydrogens (tertiary/aromatic N) is 1. The number of hydrogen-bond donors (Lipinski definition) is 0. The van der Waals surface area contributed by atoms with Crippen LogP contribution in [0.15, 0.2) is 60.0 Å². The van der Waals surface area contributed by atoms with Gasteiger partial charge in [-0.1, -0.05) is 35.4 Å². The summed E-state index contributed by atoms with van der Waals surface area (Å²) in [5, 5.41) is 2.67. The summed E-state index contributed by atoms with van der Waals surface area (Å²) in [5.41, 5.74) is 2.93. The molecule has 0 saturated carbocycles. The molecule has 3 rings (SSSR count). The molecule has 3 nitrogen and oxygen atoms in total. The van der Waals surface area contributed by atoms with Crippen molar-refractivity contribution in [2.24, 2.45) is 0 Å². The van der Waals surface area contributed by atoms with Crippen LogP contribution in [0.3, 0.4) is 0 Å². The molecule has 0 aliphatic heterocycles. The predicted octanol–water partition coefficient (Wildman–Crippen LogP) is 5.63. The first-order valence-electron chi connectivity index (χ1n) is 8.31. The third-order valence-electron chi connectivity index (χ3n) is 4.03. The molecule has 0 saturated heterocycles. The first-order valence-corrected chi connectivity index (χ1v) is 9.57. The summed E-state index contributed by atoms with van der Waals surface area (Å²) in [6.45, 7) is 4.45. The van der Waals surface area contributed by atoms with Gasteiger partial charge in [0.15, 0.2) is 6.61 Å². The van der Waals surface area contributed by atoms with Gasteiger partial charge in [-0.05, 0) is 61.2 Å². The molecule has 134 valence electrons. The molecular weight excluding hydrogens is 366 g/mol. The number of anilines is 1. The van der Waals surface area contributed by atoms with Gasteiger partial charge in [0.25, 0.3) is 5.91 Å². The lowest BCUT2D eigenvalue weighted by Gasteiger charge is -2.23. The number of ether oxygens (including phenoxy) is 1. The normalized spacial score (nSPS) is 10.6. The summed E-state index contributed by atoms with van der Waals surface area (Å²) >= 11 is 7.61. The van der Waals surface area contributed by atoms with Crippen LogP contribution >= 0.6 is 22.9 Å². The lowest BCUT2D eigenvalue weighted by molar-refractivity contribution is -0.120. The van der Waals surface area contributed by atoms with Crippen molar-refractivity contribution in [3.05, 3.63) is 81.0 Å². The van der Waals surface area contributed by atoms with Gasteiger partial charge >= 0.3 is 0 Å². The Morgan fingerprint density at radius 2 is 1.88 bits per heavy atom. The van der Waals surface area contributed by atoms with E-state index in [-0.39, 0.29) is 12.5 Å². The molecule has 2 aromatic carbocycles. The van der Waals surface area contributed by atoms with E-state index in [0.717, 1.165) is 21.7 Å². The van der Waals surface area contributed by atoms with Crippen LogP contribution in [-0.2, 0) is 11.3 Å². The Kier molecular flexibility index (Phi) is 5.96. The minimum absolute atomic E-state index is 0.0261. The number of halogens is 1. The smallest absolute Gasteiger partial charge is 0.265 e. The Hall–Kier alpha value is -2.30. The van der Waals surface area contributed by atoms with E-state index in [1.807, 2.05) is 61.7 Å². The number of carbonyl (C=O) groups is 1. The average molecular weight is 386 g/mol. The molecule has 0 aliphatic carbocycles. The van der Waals surface area contributed by atoms with E-state index in [1.54, 1.807) is 28.4 Å². The first-order chi connectivity index (χ1) is 12.5. The van der Waals surface area contributed by atoms with Gasteiger partial charge in [0.2, 0.25) is 0 Å². The molecule has 26 heavy (non-hydrogen) atoms. The quantitative estimate of drug-likeness (QED) is 0.550. The van der Waals surface area contributed by atoms with E-state index in [0.29, 0.717) is 17.3 Å². The van der Waals surface area contributed by atoms with Crippen molar-refractivity contribution in [1.29, 1.82) is 0 Å². The second-order valence-corrected chi connectivity index (χ2v) is 7.56. The maximum Gasteiger partial charge on any atom is 0.265 e. The molecular formula is C21H20ClNO2S. The molecule has 0 N–H and O–H groups in total. The number of amides is 1. The number of benzene rings is 2. The highest BCUT2D eigenvalue weighted by Crippen LogP contribution is 2.23. The molecule has 0 radical (unpaired) electrons. The Labute approximate surface area is 162 Å². The molecule has 1 aromatic heterocycles. The van der Waals surface area contributed by atoms with Crippen LogP contribution in [0.25, 0.3) is 0 Å². The van der Waals surface area contributed by atoms with Gasteiger partial charge in [0.05, 0.1) is 6.54 Å². The fourth-order valence-corrected chi connectivity index (χ4v) is 3.52. The third-order valence-corrected chi connectivity index (χ3v) is 5.13. The van der Waals surface area contributed by atoms with Crippen LogP contribution in [0.4, 0.5) is 5.69 Å². The predicted molar refractivity (Wildman–Crippen MR) is 108 cm³/mol. The van der Waals surface area contributed by atoms with Crippen molar-refractivity contribution in [2.45, 2.75) is 20.4 Å². The van der Waals surface area contributed by atoms with E-state index in [2.05, 4.69) is 0 Å². The number of aryl methyl sites for hydroxylation is 2. The SMILES string of the molecule is Cc1ccc(N(Cc2cccs2)C(=O)COc2ccc(Cl)cc2C)cc1. The Morgan fingerprint density at radius 1 is 1.12 bits per heavy atom. The molecule has 3 aromatic rings. The van der Waals surface area contributed by atoms with Crippen LogP contribution < -0.4 is 9.64 Å². The number of hydrogen-bond acceptors (Lipinski definition) is 3. The highest BCUT2D eigenvalue weighted by Gasteiger charge is 2.18. The minimum atomic E-state index is -0.0865. The lowest BCUT2D eigenvalue weighted by atomic mass is 10.2. The number of rotatable bonds is 6. The van der Waals surface area contributed by atoms with Crippen LogP contribution in [0.1, 0.15) is 16.0 Å². The van der Waals surface area contributed by atoms with E-state index < -0.39 is 0 Å². The van der Waals surface area contributed by atoms with E-state index >= 15 is 0 Å². The summed E-state index contributed by atoms with van der Waals surface area (Å²) in [4.78, 5) is 15.8. The van der Waals surface area contributed by atoms with Crippen molar-refractivity contribution in [3.63, 3.8) is 0 Å². The van der Waals surface area contributed by atoms with Crippen LogP contribution in [-0.4, -0.2) is 12.5 Å². The zero-order valence-electron chi connectivity index (χ0n) is 14.7.